The van der Waals surface area contributed by atoms with E-state index in [-0.39, 0.29) is 24.5 Å². The van der Waals surface area contributed by atoms with Crippen LogP contribution < -0.4 is 5.32 Å². The van der Waals surface area contributed by atoms with Crippen LogP contribution >= 0.6 is 11.8 Å². The molecule has 0 radical (unpaired) electrons. The van der Waals surface area contributed by atoms with Gasteiger partial charge in [0.2, 0.25) is 5.91 Å². The molecule has 0 bridgehead atoms. The zero-order chi connectivity index (χ0) is 11.3. The average molecular weight is 231 g/mol. The topological polar surface area (TPSA) is 49.3 Å². The molecule has 3 nitrogen and oxygen atoms in total. The Kier molecular flexibility index (Phi) is 5.47. The molecule has 2 N–H and O–H groups in total. The van der Waals surface area contributed by atoms with Gasteiger partial charge < -0.3 is 10.4 Å². The van der Waals surface area contributed by atoms with Crippen molar-refractivity contribution in [2.45, 2.75) is 32.2 Å². The molecule has 15 heavy (non-hydrogen) atoms. The number of aliphatic hydroxyl groups is 1. The van der Waals surface area contributed by atoms with Gasteiger partial charge in [-0.3, -0.25) is 4.79 Å². The summed E-state index contributed by atoms with van der Waals surface area (Å²) in [5.74, 6) is 1.79. The molecule has 0 aromatic heterocycles. The highest BCUT2D eigenvalue weighted by Gasteiger charge is 2.33. The van der Waals surface area contributed by atoms with Gasteiger partial charge in [0, 0.05) is 24.3 Å². The number of rotatable bonds is 7. The maximum atomic E-state index is 11.8. The van der Waals surface area contributed by atoms with Crippen LogP contribution in [0.15, 0.2) is 0 Å². The van der Waals surface area contributed by atoms with E-state index < -0.39 is 0 Å². The Labute approximate surface area is 96.0 Å². The largest absolute Gasteiger partial charge is 0.396 e. The van der Waals surface area contributed by atoms with Crippen molar-refractivity contribution in [2.24, 2.45) is 11.8 Å². The summed E-state index contributed by atoms with van der Waals surface area (Å²) in [4.78, 5) is 11.8. The Balaban J connectivity index is 2.31. The fourth-order valence-electron chi connectivity index (χ4n) is 1.70. The highest BCUT2D eigenvalue weighted by atomic mass is 32.2. The number of amides is 1. The van der Waals surface area contributed by atoms with Crippen molar-refractivity contribution >= 4 is 17.7 Å². The summed E-state index contributed by atoms with van der Waals surface area (Å²) in [6.45, 7) is 2.14. The third kappa shape index (κ3) is 4.43. The Bertz CT molecular complexity index is 201. The molecule has 0 aliphatic heterocycles. The molecule has 4 heteroatoms. The molecule has 0 saturated heterocycles. The standard InChI is InChI=1S/C11H21NO2S/c1-8(9-3-4-9)11(14)12-10(5-6-13)7-15-2/h8-10,13H,3-7H2,1-2H3,(H,12,14). The van der Waals surface area contributed by atoms with Crippen molar-refractivity contribution in [2.75, 3.05) is 18.6 Å². The van der Waals surface area contributed by atoms with Crippen molar-refractivity contribution in [1.29, 1.82) is 0 Å². The monoisotopic (exact) mass is 231 g/mol. The first-order valence-corrected chi connectivity index (χ1v) is 6.98. The first kappa shape index (κ1) is 12.8. The van der Waals surface area contributed by atoms with Gasteiger partial charge in [0.15, 0.2) is 0 Å². The number of thioether (sulfide) groups is 1. The van der Waals surface area contributed by atoms with E-state index in [4.69, 9.17) is 5.11 Å². The fourth-order valence-corrected chi connectivity index (χ4v) is 2.35. The number of carbonyl (C=O) groups is 1. The van der Waals surface area contributed by atoms with E-state index in [1.54, 1.807) is 11.8 Å². The maximum absolute atomic E-state index is 11.8. The Hall–Kier alpha value is -0.220. The van der Waals surface area contributed by atoms with Crippen molar-refractivity contribution in [3.05, 3.63) is 0 Å². The van der Waals surface area contributed by atoms with Crippen molar-refractivity contribution in [1.82, 2.24) is 5.32 Å². The summed E-state index contributed by atoms with van der Waals surface area (Å²) in [7, 11) is 0. The normalized spacial score (nSPS) is 19.7. The number of aliphatic hydroxyl groups excluding tert-OH is 1. The first-order valence-electron chi connectivity index (χ1n) is 5.59. The van der Waals surface area contributed by atoms with Gasteiger partial charge in [-0.05, 0) is 31.4 Å². The van der Waals surface area contributed by atoms with Gasteiger partial charge in [-0.15, -0.1) is 0 Å². The molecule has 1 fully saturated rings. The minimum atomic E-state index is 0.124. The molecule has 1 aliphatic carbocycles. The van der Waals surface area contributed by atoms with E-state index in [0.29, 0.717) is 12.3 Å². The summed E-state index contributed by atoms with van der Waals surface area (Å²) in [5, 5.41) is 11.9. The summed E-state index contributed by atoms with van der Waals surface area (Å²) in [5.41, 5.74) is 0. The van der Waals surface area contributed by atoms with Gasteiger partial charge in [-0.1, -0.05) is 6.92 Å². The zero-order valence-electron chi connectivity index (χ0n) is 9.53. The highest BCUT2D eigenvalue weighted by Crippen LogP contribution is 2.36. The van der Waals surface area contributed by atoms with E-state index in [9.17, 15) is 4.79 Å². The summed E-state index contributed by atoms with van der Waals surface area (Å²) < 4.78 is 0. The van der Waals surface area contributed by atoms with E-state index in [2.05, 4.69) is 5.32 Å². The minimum Gasteiger partial charge on any atom is -0.396 e. The molecular weight excluding hydrogens is 210 g/mol. The van der Waals surface area contributed by atoms with Crippen LogP contribution in [-0.4, -0.2) is 35.7 Å². The van der Waals surface area contributed by atoms with Gasteiger partial charge in [0.1, 0.15) is 0 Å². The molecule has 2 atom stereocenters. The van der Waals surface area contributed by atoms with Crippen molar-refractivity contribution < 1.29 is 9.90 Å². The second-order valence-electron chi connectivity index (χ2n) is 4.30. The lowest BCUT2D eigenvalue weighted by Gasteiger charge is -2.19. The predicted octanol–water partition coefficient (Wildman–Crippen LogP) is 1.26. The molecular formula is C11H21NO2S. The van der Waals surface area contributed by atoms with Crippen molar-refractivity contribution in [3.63, 3.8) is 0 Å². The molecule has 0 aromatic rings. The fraction of sp³-hybridized carbons (Fsp3) is 0.909. The molecule has 0 aromatic carbocycles. The lowest BCUT2D eigenvalue weighted by Crippen LogP contribution is -2.40. The predicted molar refractivity (Wildman–Crippen MR) is 63.9 cm³/mol. The van der Waals surface area contributed by atoms with Crippen LogP contribution in [0.2, 0.25) is 0 Å². The van der Waals surface area contributed by atoms with E-state index in [0.717, 1.165) is 5.75 Å². The smallest absolute Gasteiger partial charge is 0.223 e. The summed E-state index contributed by atoms with van der Waals surface area (Å²) in [6.07, 6.45) is 5.06. The van der Waals surface area contributed by atoms with Gasteiger partial charge in [0.05, 0.1) is 0 Å². The van der Waals surface area contributed by atoms with Crippen LogP contribution in [-0.2, 0) is 4.79 Å². The molecule has 2 unspecified atom stereocenters. The van der Waals surface area contributed by atoms with Gasteiger partial charge in [-0.2, -0.15) is 11.8 Å². The second kappa shape index (κ2) is 6.38. The molecule has 1 amide bonds. The Morgan fingerprint density at radius 3 is 2.73 bits per heavy atom. The third-order valence-corrected chi connectivity index (χ3v) is 3.67. The van der Waals surface area contributed by atoms with Crippen LogP contribution in [0.4, 0.5) is 0 Å². The lowest BCUT2D eigenvalue weighted by molar-refractivity contribution is -0.125. The van der Waals surface area contributed by atoms with Gasteiger partial charge in [-0.25, -0.2) is 0 Å². The summed E-state index contributed by atoms with van der Waals surface area (Å²) in [6, 6.07) is 0.124. The summed E-state index contributed by atoms with van der Waals surface area (Å²) >= 11 is 1.70. The number of hydrogen-bond donors (Lipinski definition) is 2. The average Bonchev–Trinajstić information content (AvgIpc) is 3.00. The number of hydrogen-bond acceptors (Lipinski definition) is 3. The van der Waals surface area contributed by atoms with Gasteiger partial charge >= 0.3 is 0 Å². The van der Waals surface area contributed by atoms with E-state index >= 15 is 0 Å². The Morgan fingerprint density at radius 2 is 2.27 bits per heavy atom. The zero-order valence-corrected chi connectivity index (χ0v) is 10.3. The molecule has 0 heterocycles. The van der Waals surface area contributed by atoms with Crippen molar-refractivity contribution in [3.8, 4) is 0 Å². The Morgan fingerprint density at radius 1 is 1.60 bits per heavy atom. The molecule has 88 valence electrons. The van der Waals surface area contributed by atoms with Crippen LogP contribution in [0.5, 0.6) is 0 Å². The molecule has 1 aliphatic rings. The highest BCUT2D eigenvalue weighted by molar-refractivity contribution is 7.98. The third-order valence-electron chi connectivity index (χ3n) is 2.93. The molecule has 1 rings (SSSR count). The van der Waals surface area contributed by atoms with E-state index in [1.807, 2.05) is 13.2 Å². The van der Waals surface area contributed by atoms with Gasteiger partial charge in [0.25, 0.3) is 0 Å². The quantitative estimate of drug-likeness (QED) is 0.693. The lowest BCUT2D eigenvalue weighted by atomic mass is 10.1. The molecule has 0 spiro atoms. The number of nitrogens with one attached hydrogen (secondary N) is 1. The SMILES string of the molecule is CSCC(CCO)NC(=O)C(C)C1CC1. The molecule has 1 saturated carbocycles. The van der Waals surface area contributed by atoms with Crippen LogP contribution in [0, 0.1) is 11.8 Å². The van der Waals surface area contributed by atoms with Crippen LogP contribution in [0.25, 0.3) is 0 Å². The van der Waals surface area contributed by atoms with E-state index in [1.165, 1.54) is 12.8 Å². The number of carbonyl (C=O) groups excluding carboxylic acids is 1. The minimum absolute atomic E-state index is 0.124. The van der Waals surface area contributed by atoms with Crippen LogP contribution in [0.1, 0.15) is 26.2 Å². The second-order valence-corrected chi connectivity index (χ2v) is 5.21. The van der Waals surface area contributed by atoms with Crippen LogP contribution in [0.3, 0.4) is 0 Å². The maximum Gasteiger partial charge on any atom is 0.223 e. The first-order chi connectivity index (χ1) is 7.19.